The van der Waals surface area contributed by atoms with Crippen LogP contribution in [0.1, 0.15) is 38.2 Å². The summed E-state index contributed by atoms with van der Waals surface area (Å²) >= 11 is 1.61. The summed E-state index contributed by atoms with van der Waals surface area (Å²) in [5.41, 5.74) is 3.44. The van der Waals surface area contributed by atoms with Crippen molar-refractivity contribution in [3.05, 3.63) is 94.6 Å². The summed E-state index contributed by atoms with van der Waals surface area (Å²) in [5, 5.41) is 3.98. The van der Waals surface area contributed by atoms with Gasteiger partial charge in [-0.2, -0.15) is 0 Å². The molecule has 1 saturated heterocycles. The van der Waals surface area contributed by atoms with Gasteiger partial charge in [-0.3, -0.25) is 14.7 Å². The molecule has 5 rings (SSSR count). The Kier molecular flexibility index (Phi) is 6.42. The molecule has 4 aromatic rings. The summed E-state index contributed by atoms with van der Waals surface area (Å²) in [6, 6.07) is 13.5. The van der Waals surface area contributed by atoms with Crippen molar-refractivity contribution in [1.82, 2.24) is 14.9 Å². The molecule has 4 aromatic heterocycles. The third-order valence-corrected chi connectivity index (χ3v) is 7.47. The minimum absolute atomic E-state index is 0.0172. The van der Waals surface area contributed by atoms with Crippen LogP contribution in [0, 0.1) is 13.8 Å². The van der Waals surface area contributed by atoms with Crippen LogP contribution >= 0.6 is 11.3 Å². The number of anilines is 2. The van der Waals surface area contributed by atoms with Gasteiger partial charge in [-0.1, -0.05) is 12.1 Å². The van der Waals surface area contributed by atoms with Crippen LogP contribution in [0.5, 0.6) is 0 Å². The number of aromatic nitrogens is 2. The average molecular weight is 474 g/mol. The second-order valence-electron chi connectivity index (χ2n) is 8.36. The molecule has 1 unspecified atom stereocenters. The molecule has 34 heavy (non-hydrogen) atoms. The number of furan rings is 1. The standard InChI is InChI=1S/C26H27N5O2S/c1-18-19(2)34-26(29-25(32)21-8-6-16-33-21)23(18)24(20-7-5-10-27-17-20)31-14-12-30(13-15-31)22-9-3-4-11-28-22/h3-11,16-17,24H,12-15H2,1-2H3,(H,29,32). The molecular weight excluding hydrogens is 446 g/mol. The van der Waals surface area contributed by atoms with Gasteiger partial charge in [0.05, 0.1) is 12.3 Å². The Hall–Kier alpha value is -3.49. The highest BCUT2D eigenvalue weighted by atomic mass is 32.1. The number of rotatable bonds is 6. The van der Waals surface area contributed by atoms with Crippen molar-refractivity contribution in [2.24, 2.45) is 0 Å². The van der Waals surface area contributed by atoms with Gasteiger partial charge in [0.25, 0.3) is 5.91 Å². The van der Waals surface area contributed by atoms with Crippen molar-refractivity contribution < 1.29 is 9.21 Å². The largest absolute Gasteiger partial charge is 0.459 e. The molecule has 0 saturated carbocycles. The maximum atomic E-state index is 12.8. The molecule has 1 atom stereocenters. The topological polar surface area (TPSA) is 74.5 Å². The number of hydrogen-bond donors (Lipinski definition) is 1. The lowest BCUT2D eigenvalue weighted by atomic mass is 9.95. The predicted molar refractivity (Wildman–Crippen MR) is 135 cm³/mol. The zero-order valence-electron chi connectivity index (χ0n) is 19.3. The van der Waals surface area contributed by atoms with E-state index in [1.165, 1.54) is 16.7 Å². The van der Waals surface area contributed by atoms with Gasteiger partial charge in [-0.05, 0) is 55.3 Å². The molecule has 1 amide bonds. The van der Waals surface area contributed by atoms with Crippen molar-refractivity contribution in [3.8, 4) is 0 Å². The Morgan fingerprint density at radius 3 is 2.59 bits per heavy atom. The normalized spacial score (nSPS) is 15.3. The Morgan fingerprint density at radius 2 is 1.91 bits per heavy atom. The SMILES string of the molecule is Cc1sc(NC(=O)c2ccco2)c(C(c2cccnc2)N2CCN(c3ccccn3)CC2)c1C. The summed E-state index contributed by atoms with van der Waals surface area (Å²) in [7, 11) is 0. The highest BCUT2D eigenvalue weighted by Gasteiger charge is 2.32. The minimum Gasteiger partial charge on any atom is -0.459 e. The first-order chi connectivity index (χ1) is 16.6. The molecule has 0 aliphatic carbocycles. The molecule has 1 aliphatic heterocycles. The van der Waals surface area contributed by atoms with Crippen LogP contribution in [-0.4, -0.2) is 47.0 Å². The first kappa shape index (κ1) is 22.3. The number of aryl methyl sites for hydroxylation is 1. The van der Waals surface area contributed by atoms with Gasteiger partial charge in [-0.15, -0.1) is 11.3 Å². The van der Waals surface area contributed by atoms with Crippen LogP contribution in [0.3, 0.4) is 0 Å². The van der Waals surface area contributed by atoms with E-state index in [9.17, 15) is 4.79 Å². The van der Waals surface area contributed by atoms with E-state index in [0.29, 0.717) is 5.76 Å². The number of carbonyl (C=O) groups excluding carboxylic acids is 1. The van der Waals surface area contributed by atoms with Crippen LogP contribution in [0.4, 0.5) is 10.8 Å². The van der Waals surface area contributed by atoms with Gasteiger partial charge in [0.1, 0.15) is 10.8 Å². The maximum Gasteiger partial charge on any atom is 0.291 e. The fourth-order valence-electron chi connectivity index (χ4n) is 4.49. The second-order valence-corrected chi connectivity index (χ2v) is 9.58. The zero-order chi connectivity index (χ0) is 23.5. The molecule has 0 bridgehead atoms. The van der Waals surface area contributed by atoms with Crippen LogP contribution in [0.25, 0.3) is 0 Å². The molecule has 7 nitrogen and oxygen atoms in total. The van der Waals surface area contributed by atoms with E-state index >= 15 is 0 Å². The quantitative estimate of drug-likeness (QED) is 0.429. The van der Waals surface area contributed by atoms with Gasteiger partial charge < -0.3 is 14.6 Å². The van der Waals surface area contributed by atoms with E-state index in [1.54, 1.807) is 29.7 Å². The Morgan fingerprint density at radius 1 is 1.06 bits per heavy atom. The van der Waals surface area contributed by atoms with Gasteiger partial charge >= 0.3 is 0 Å². The first-order valence-electron chi connectivity index (χ1n) is 11.4. The van der Waals surface area contributed by atoms with Crippen LogP contribution in [-0.2, 0) is 0 Å². The molecule has 0 aromatic carbocycles. The average Bonchev–Trinajstić information content (AvgIpc) is 3.51. The Balaban J connectivity index is 1.47. The van der Waals surface area contributed by atoms with Crippen molar-refractivity contribution in [2.75, 3.05) is 36.4 Å². The van der Waals surface area contributed by atoms with Crippen molar-refractivity contribution in [3.63, 3.8) is 0 Å². The zero-order valence-corrected chi connectivity index (χ0v) is 20.1. The van der Waals surface area contributed by atoms with Gasteiger partial charge in [-0.25, -0.2) is 4.98 Å². The third-order valence-electron chi connectivity index (χ3n) is 6.33. The first-order valence-corrected chi connectivity index (χ1v) is 12.2. The van der Waals surface area contributed by atoms with E-state index in [-0.39, 0.29) is 11.9 Å². The number of thiophene rings is 1. The smallest absolute Gasteiger partial charge is 0.291 e. The minimum atomic E-state index is -0.239. The van der Waals surface area contributed by atoms with Crippen LogP contribution in [0.15, 0.2) is 71.7 Å². The number of amides is 1. The molecule has 174 valence electrons. The molecule has 5 heterocycles. The summed E-state index contributed by atoms with van der Waals surface area (Å²) in [4.78, 5) is 27.8. The highest BCUT2D eigenvalue weighted by Crippen LogP contribution is 2.42. The van der Waals surface area contributed by atoms with Gasteiger partial charge in [0, 0.05) is 55.2 Å². The molecule has 1 aliphatic rings. The number of hydrogen-bond acceptors (Lipinski definition) is 7. The fourth-order valence-corrected chi connectivity index (χ4v) is 5.57. The number of nitrogens with one attached hydrogen (secondary N) is 1. The molecule has 8 heteroatoms. The Bertz CT molecular complexity index is 1230. The number of pyridine rings is 2. The van der Waals surface area contributed by atoms with Crippen LogP contribution < -0.4 is 10.2 Å². The summed E-state index contributed by atoms with van der Waals surface area (Å²) in [6.45, 7) is 7.74. The van der Waals surface area contributed by atoms with Crippen molar-refractivity contribution in [2.45, 2.75) is 19.9 Å². The second kappa shape index (κ2) is 9.79. The van der Waals surface area contributed by atoms with Crippen molar-refractivity contribution >= 4 is 28.1 Å². The molecular formula is C26H27N5O2S. The van der Waals surface area contributed by atoms with Crippen LogP contribution in [0.2, 0.25) is 0 Å². The fraction of sp³-hybridized carbons (Fsp3) is 0.269. The lowest BCUT2D eigenvalue weighted by Crippen LogP contribution is -2.48. The number of piperazine rings is 1. The maximum absolute atomic E-state index is 12.8. The van der Waals surface area contributed by atoms with Gasteiger partial charge in [0.2, 0.25) is 0 Å². The Labute approximate surface area is 203 Å². The highest BCUT2D eigenvalue weighted by molar-refractivity contribution is 7.16. The lowest BCUT2D eigenvalue weighted by molar-refractivity contribution is 0.0996. The molecule has 0 spiro atoms. The monoisotopic (exact) mass is 473 g/mol. The summed E-state index contributed by atoms with van der Waals surface area (Å²) in [5.74, 6) is 1.07. The van der Waals surface area contributed by atoms with E-state index in [1.807, 2.05) is 30.6 Å². The molecule has 1 N–H and O–H groups in total. The van der Waals surface area contributed by atoms with E-state index in [2.05, 4.69) is 51.1 Å². The van der Waals surface area contributed by atoms with E-state index < -0.39 is 0 Å². The number of nitrogens with zero attached hydrogens (tertiary/aromatic N) is 4. The number of carbonyl (C=O) groups is 1. The van der Waals surface area contributed by atoms with E-state index in [0.717, 1.165) is 48.1 Å². The van der Waals surface area contributed by atoms with E-state index in [4.69, 9.17) is 4.42 Å². The third kappa shape index (κ3) is 4.47. The molecule has 0 radical (unpaired) electrons. The van der Waals surface area contributed by atoms with Gasteiger partial charge in [0.15, 0.2) is 5.76 Å². The summed E-state index contributed by atoms with van der Waals surface area (Å²) in [6.07, 6.45) is 7.08. The van der Waals surface area contributed by atoms with Crippen molar-refractivity contribution in [1.29, 1.82) is 0 Å². The predicted octanol–water partition coefficient (Wildman–Crippen LogP) is 4.91. The lowest BCUT2D eigenvalue weighted by Gasteiger charge is -2.40. The summed E-state index contributed by atoms with van der Waals surface area (Å²) < 4.78 is 5.32. The molecule has 1 fully saturated rings.